The Balaban J connectivity index is 2.04. The van der Waals surface area contributed by atoms with E-state index in [9.17, 15) is 10.0 Å². The second kappa shape index (κ2) is 4.97. The first-order valence-corrected chi connectivity index (χ1v) is 6.08. The van der Waals surface area contributed by atoms with Crippen LogP contribution in [0.5, 0.6) is 0 Å². The van der Waals surface area contributed by atoms with Crippen LogP contribution in [0.3, 0.4) is 0 Å². The van der Waals surface area contributed by atoms with Gasteiger partial charge < -0.3 is 10.5 Å². The molecule has 2 rings (SSSR count). The lowest BCUT2D eigenvalue weighted by Crippen LogP contribution is -2.29. The van der Waals surface area contributed by atoms with Gasteiger partial charge in [-0.05, 0) is 18.4 Å². The third-order valence-corrected chi connectivity index (χ3v) is 3.44. The SMILES string of the molecule is CC(NC(=O)c1cc[n+]([O-])cc1)c1cccs1. The van der Waals surface area contributed by atoms with Crippen LogP contribution in [0.1, 0.15) is 28.2 Å². The normalized spacial score (nSPS) is 12.1. The predicted octanol–water partition coefficient (Wildman–Crippen LogP) is 1.87. The Bertz CT molecular complexity index is 494. The number of nitrogens with zero attached hydrogens (tertiary/aromatic N) is 1. The zero-order valence-electron chi connectivity index (χ0n) is 9.29. The summed E-state index contributed by atoms with van der Waals surface area (Å²) in [6, 6.07) is 6.91. The summed E-state index contributed by atoms with van der Waals surface area (Å²) >= 11 is 1.60. The maximum absolute atomic E-state index is 11.8. The molecule has 0 radical (unpaired) electrons. The van der Waals surface area contributed by atoms with Crippen LogP contribution in [0.4, 0.5) is 0 Å². The molecule has 0 aliphatic heterocycles. The fraction of sp³-hybridized carbons (Fsp3) is 0.167. The van der Waals surface area contributed by atoms with Crippen molar-refractivity contribution >= 4 is 17.2 Å². The van der Waals surface area contributed by atoms with Gasteiger partial charge in [0, 0.05) is 17.0 Å². The van der Waals surface area contributed by atoms with Crippen molar-refractivity contribution in [3.05, 3.63) is 57.7 Å². The molecule has 1 atom stereocenters. The molecule has 17 heavy (non-hydrogen) atoms. The second-order valence-corrected chi connectivity index (χ2v) is 4.64. The molecule has 5 heteroatoms. The number of pyridine rings is 1. The zero-order valence-corrected chi connectivity index (χ0v) is 10.1. The average molecular weight is 248 g/mol. The van der Waals surface area contributed by atoms with Gasteiger partial charge in [-0.3, -0.25) is 4.79 Å². The quantitative estimate of drug-likeness (QED) is 0.666. The lowest BCUT2D eigenvalue weighted by atomic mass is 10.2. The third-order valence-electron chi connectivity index (χ3n) is 2.38. The van der Waals surface area contributed by atoms with Crippen LogP contribution in [0, 0.1) is 5.21 Å². The van der Waals surface area contributed by atoms with E-state index in [-0.39, 0.29) is 11.9 Å². The Morgan fingerprint density at radius 1 is 1.41 bits per heavy atom. The van der Waals surface area contributed by atoms with E-state index < -0.39 is 0 Å². The largest absolute Gasteiger partial charge is 0.619 e. The Morgan fingerprint density at radius 2 is 2.12 bits per heavy atom. The van der Waals surface area contributed by atoms with Crippen LogP contribution in [-0.4, -0.2) is 5.91 Å². The van der Waals surface area contributed by atoms with Crippen LogP contribution >= 0.6 is 11.3 Å². The minimum absolute atomic E-state index is 0.0259. The summed E-state index contributed by atoms with van der Waals surface area (Å²) in [5.41, 5.74) is 0.487. The molecule has 1 N–H and O–H groups in total. The Kier molecular flexibility index (Phi) is 3.39. The molecule has 0 bridgehead atoms. The highest BCUT2D eigenvalue weighted by Crippen LogP contribution is 2.18. The molecule has 0 aliphatic carbocycles. The van der Waals surface area contributed by atoms with Gasteiger partial charge in [-0.15, -0.1) is 11.3 Å². The molecule has 0 fully saturated rings. The van der Waals surface area contributed by atoms with E-state index in [1.54, 1.807) is 11.3 Å². The van der Waals surface area contributed by atoms with Crippen molar-refractivity contribution in [2.24, 2.45) is 0 Å². The Labute approximate surface area is 103 Å². The van der Waals surface area contributed by atoms with E-state index in [1.165, 1.54) is 24.5 Å². The van der Waals surface area contributed by atoms with Gasteiger partial charge >= 0.3 is 0 Å². The first-order chi connectivity index (χ1) is 8.16. The van der Waals surface area contributed by atoms with Gasteiger partial charge in [0.2, 0.25) is 0 Å². The van der Waals surface area contributed by atoms with Gasteiger partial charge in [-0.2, -0.15) is 4.73 Å². The monoisotopic (exact) mass is 248 g/mol. The van der Waals surface area contributed by atoms with Crippen molar-refractivity contribution in [1.82, 2.24) is 5.32 Å². The molecule has 0 spiro atoms. The van der Waals surface area contributed by atoms with Crippen molar-refractivity contribution < 1.29 is 9.52 Å². The van der Waals surface area contributed by atoms with Crippen LogP contribution in [0.15, 0.2) is 42.0 Å². The van der Waals surface area contributed by atoms with E-state index in [0.717, 1.165) is 4.88 Å². The van der Waals surface area contributed by atoms with Crippen LogP contribution in [-0.2, 0) is 0 Å². The average Bonchev–Trinajstić information content (AvgIpc) is 2.83. The van der Waals surface area contributed by atoms with Gasteiger partial charge in [0.05, 0.1) is 11.6 Å². The van der Waals surface area contributed by atoms with E-state index in [1.807, 2.05) is 24.4 Å². The van der Waals surface area contributed by atoms with E-state index in [4.69, 9.17) is 0 Å². The highest BCUT2D eigenvalue weighted by molar-refractivity contribution is 7.10. The predicted molar refractivity (Wildman–Crippen MR) is 65.6 cm³/mol. The first kappa shape index (κ1) is 11.6. The topological polar surface area (TPSA) is 56.0 Å². The lowest BCUT2D eigenvalue weighted by molar-refractivity contribution is -0.605. The van der Waals surface area contributed by atoms with Gasteiger partial charge in [0.1, 0.15) is 0 Å². The molecule has 88 valence electrons. The van der Waals surface area contributed by atoms with E-state index in [0.29, 0.717) is 10.3 Å². The minimum atomic E-state index is -0.175. The molecule has 0 saturated carbocycles. The maximum atomic E-state index is 11.8. The fourth-order valence-electron chi connectivity index (χ4n) is 1.45. The third kappa shape index (κ3) is 2.82. The summed E-state index contributed by atoms with van der Waals surface area (Å²) in [4.78, 5) is 12.9. The number of rotatable bonds is 3. The highest BCUT2D eigenvalue weighted by Gasteiger charge is 2.12. The van der Waals surface area contributed by atoms with Crippen molar-refractivity contribution in [3.8, 4) is 0 Å². The van der Waals surface area contributed by atoms with Gasteiger partial charge in [-0.1, -0.05) is 6.07 Å². The minimum Gasteiger partial charge on any atom is -0.619 e. The summed E-state index contributed by atoms with van der Waals surface area (Å²) < 4.78 is 0.652. The number of hydrogen-bond donors (Lipinski definition) is 1. The number of amides is 1. The van der Waals surface area contributed by atoms with Crippen LogP contribution in [0.2, 0.25) is 0 Å². The van der Waals surface area contributed by atoms with E-state index >= 15 is 0 Å². The second-order valence-electron chi connectivity index (χ2n) is 3.66. The van der Waals surface area contributed by atoms with Crippen LogP contribution < -0.4 is 10.0 Å². The number of carbonyl (C=O) groups excluding carboxylic acids is 1. The van der Waals surface area contributed by atoms with Gasteiger partial charge in [0.25, 0.3) is 5.91 Å². The molecule has 0 saturated heterocycles. The van der Waals surface area contributed by atoms with Crippen molar-refractivity contribution in [3.63, 3.8) is 0 Å². The molecule has 0 aliphatic rings. The smallest absolute Gasteiger partial charge is 0.252 e. The number of thiophene rings is 1. The van der Waals surface area contributed by atoms with Crippen molar-refractivity contribution in [2.75, 3.05) is 0 Å². The molecule has 1 unspecified atom stereocenters. The summed E-state index contributed by atoms with van der Waals surface area (Å²) in [5.74, 6) is -0.175. The highest BCUT2D eigenvalue weighted by atomic mass is 32.1. The number of carbonyl (C=O) groups is 1. The summed E-state index contributed by atoms with van der Waals surface area (Å²) in [6.45, 7) is 1.93. The molecule has 2 heterocycles. The fourth-order valence-corrected chi connectivity index (χ4v) is 2.19. The molecule has 4 nitrogen and oxygen atoms in total. The summed E-state index contributed by atoms with van der Waals surface area (Å²) in [6.07, 6.45) is 2.62. The van der Waals surface area contributed by atoms with E-state index in [2.05, 4.69) is 5.32 Å². The van der Waals surface area contributed by atoms with Gasteiger partial charge in [-0.25, -0.2) is 0 Å². The summed E-state index contributed by atoms with van der Waals surface area (Å²) in [7, 11) is 0. The number of aromatic nitrogens is 1. The summed E-state index contributed by atoms with van der Waals surface area (Å²) in [5, 5.41) is 15.7. The molecule has 1 amide bonds. The number of nitrogens with one attached hydrogen (secondary N) is 1. The van der Waals surface area contributed by atoms with Gasteiger partial charge in [0.15, 0.2) is 12.4 Å². The number of hydrogen-bond acceptors (Lipinski definition) is 3. The van der Waals surface area contributed by atoms with Crippen LogP contribution in [0.25, 0.3) is 0 Å². The van der Waals surface area contributed by atoms with Crippen molar-refractivity contribution in [2.45, 2.75) is 13.0 Å². The molecule has 2 aromatic rings. The molecular formula is C12H12N2O2S. The first-order valence-electron chi connectivity index (χ1n) is 5.20. The standard InChI is InChI=1S/C12H12N2O2S/c1-9(11-3-2-8-17-11)13-12(15)10-4-6-14(16)7-5-10/h2-9H,1H3,(H,13,15). The molecular weight excluding hydrogens is 236 g/mol. The Morgan fingerprint density at radius 3 is 2.71 bits per heavy atom. The maximum Gasteiger partial charge on any atom is 0.252 e. The van der Waals surface area contributed by atoms with Crippen molar-refractivity contribution in [1.29, 1.82) is 0 Å². The molecule has 0 aromatic carbocycles. The zero-order chi connectivity index (χ0) is 12.3. The Hall–Kier alpha value is -1.88. The lowest BCUT2D eigenvalue weighted by Gasteiger charge is -2.11. The molecule has 2 aromatic heterocycles.